The molecular formula is C15H17N3O. The largest absolute Gasteiger partial charge is 0.388 e. The van der Waals surface area contributed by atoms with Gasteiger partial charge in [-0.1, -0.05) is 19.1 Å². The summed E-state index contributed by atoms with van der Waals surface area (Å²) < 4.78 is 2.05. The van der Waals surface area contributed by atoms with Gasteiger partial charge in [0.2, 0.25) is 0 Å². The van der Waals surface area contributed by atoms with Crippen molar-refractivity contribution in [3.05, 3.63) is 53.6 Å². The Balaban J connectivity index is 2.14. The Kier molecular flexibility index (Phi) is 4.32. The van der Waals surface area contributed by atoms with Crippen LogP contribution in [0.2, 0.25) is 0 Å². The predicted octanol–water partition coefficient (Wildman–Crippen LogP) is 2.44. The lowest BCUT2D eigenvalue weighted by Gasteiger charge is -2.12. The van der Waals surface area contributed by atoms with Gasteiger partial charge in [0, 0.05) is 25.4 Å². The van der Waals surface area contributed by atoms with E-state index in [4.69, 9.17) is 5.26 Å². The summed E-state index contributed by atoms with van der Waals surface area (Å²) >= 11 is 0. The molecule has 0 saturated heterocycles. The SMILES string of the molecule is CCCn1ccnc1CC(O)c1cccc(C#N)c1. The van der Waals surface area contributed by atoms with Gasteiger partial charge in [0.15, 0.2) is 0 Å². The van der Waals surface area contributed by atoms with Crippen molar-refractivity contribution >= 4 is 0 Å². The van der Waals surface area contributed by atoms with Gasteiger partial charge in [-0.05, 0) is 24.1 Å². The van der Waals surface area contributed by atoms with E-state index in [0.717, 1.165) is 24.4 Å². The van der Waals surface area contributed by atoms with E-state index in [1.54, 1.807) is 24.4 Å². The number of hydrogen-bond acceptors (Lipinski definition) is 3. The van der Waals surface area contributed by atoms with Gasteiger partial charge < -0.3 is 9.67 Å². The maximum absolute atomic E-state index is 10.2. The summed E-state index contributed by atoms with van der Waals surface area (Å²) in [5.41, 5.74) is 1.32. The van der Waals surface area contributed by atoms with Crippen LogP contribution in [-0.4, -0.2) is 14.7 Å². The average molecular weight is 255 g/mol. The monoisotopic (exact) mass is 255 g/mol. The van der Waals surface area contributed by atoms with Gasteiger partial charge in [0.05, 0.1) is 17.7 Å². The first-order chi connectivity index (χ1) is 9.24. The standard InChI is InChI=1S/C15H17N3O/c1-2-7-18-8-6-17-15(18)10-14(19)13-5-3-4-12(9-13)11-16/h3-6,8-9,14,19H,2,7,10H2,1H3. The van der Waals surface area contributed by atoms with Gasteiger partial charge in [-0.25, -0.2) is 4.98 Å². The number of imidazole rings is 1. The van der Waals surface area contributed by atoms with Crippen LogP contribution in [0.3, 0.4) is 0 Å². The molecule has 2 aromatic rings. The van der Waals surface area contributed by atoms with Gasteiger partial charge in [0.25, 0.3) is 0 Å². The van der Waals surface area contributed by atoms with Crippen LogP contribution < -0.4 is 0 Å². The molecule has 0 aliphatic heterocycles. The zero-order valence-electron chi connectivity index (χ0n) is 11.0. The maximum atomic E-state index is 10.2. The maximum Gasteiger partial charge on any atom is 0.111 e. The minimum atomic E-state index is -0.633. The van der Waals surface area contributed by atoms with E-state index < -0.39 is 6.10 Å². The second kappa shape index (κ2) is 6.17. The summed E-state index contributed by atoms with van der Waals surface area (Å²) in [6.07, 6.45) is 4.54. The highest BCUT2D eigenvalue weighted by Gasteiger charge is 2.12. The molecule has 19 heavy (non-hydrogen) atoms. The zero-order chi connectivity index (χ0) is 13.7. The molecule has 2 rings (SSSR count). The molecule has 0 radical (unpaired) electrons. The number of aliphatic hydroxyl groups excluding tert-OH is 1. The lowest BCUT2D eigenvalue weighted by atomic mass is 10.0. The summed E-state index contributed by atoms with van der Waals surface area (Å²) in [6, 6.07) is 9.15. The van der Waals surface area contributed by atoms with Crippen LogP contribution in [-0.2, 0) is 13.0 Å². The van der Waals surface area contributed by atoms with Crippen LogP contribution in [0.4, 0.5) is 0 Å². The molecule has 4 heteroatoms. The van der Waals surface area contributed by atoms with E-state index in [1.165, 1.54) is 0 Å². The van der Waals surface area contributed by atoms with Crippen molar-refractivity contribution in [3.8, 4) is 6.07 Å². The van der Waals surface area contributed by atoms with Crippen LogP contribution in [0.15, 0.2) is 36.7 Å². The Morgan fingerprint density at radius 2 is 2.32 bits per heavy atom. The molecule has 0 aliphatic rings. The van der Waals surface area contributed by atoms with Crippen LogP contribution >= 0.6 is 0 Å². The van der Waals surface area contributed by atoms with Crippen LogP contribution in [0.1, 0.15) is 36.4 Å². The molecule has 0 fully saturated rings. The third-order valence-electron chi connectivity index (χ3n) is 3.04. The van der Waals surface area contributed by atoms with Crippen molar-refractivity contribution in [2.75, 3.05) is 0 Å². The Morgan fingerprint density at radius 3 is 3.05 bits per heavy atom. The fourth-order valence-electron chi connectivity index (χ4n) is 2.08. The third kappa shape index (κ3) is 3.21. The Morgan fingerprint density at radius 1 is 1.47 bits per heavy atom. The predicted molar refractivity (Wildman–Crippen MR) is 72.3 cm³/mol. The molecule has 0 aliphatic carbocycles. The minimum Gasteiger partial charge on any atom is -0.388 e. The number of nitrogens with zero attached hydrogens (tertiary/aromatic N) is 3. The summed E-state index contributed by atoms with van der Waals surface area (Å²) in [5, 5.41) is 19.1. The van der Waals surface area contributed by atoms with E-state index in [0.29, 0.717) is 12.0 Å². The first-order valence-corrected chi connectivity index (χ1v) is 6.42. The highest BCUT2D eigenvalue weighted by atomic mass is 16.3. The fraction of sp³-hybridized carbons (Fsp3) is 0.333. The van der Waals surface area contributed by atoms with Crippen LogP contribution in [0, 0.1) is 11.3 Å². The second-order valence-electron chi connectivity index (χ2n) is 4.49. The van der Waals surface area contributed by atoms with E-state index in [1.807, 2.05) is 12.3 Å². The molecule has 1 unspecified atom stereocenters. The van der Waals surface area contributed by atoms with Gasteiger partial charge in [-0.15, -0.1) is 0 Å². The van der Waals surface area contributed by atoms with E-state index in [-0.39, 0.29) is 0 Å². The van der Waals surface area contributed by atoms with Crippen LogP contribution in [0.25, 0.3) is 0 Å². The zero-order valence-corrected chi connectivity index (χ0v) is 11.0. The van der Waals surface area contributed by atoms with Crippen molar-refractivity contribution in [2.45, 2.75) is 32.4 Å². The van der Waals surface area contributed by atoms with E-state index in [2.05, 4.69) is 22.5 Å². The van der Waals surface area contributed by atoms with Gasteiger partial charge in [-0.3, -0.25) is 0 Å². The lowest BCUT2D eigenvalue weighted by Crippen LogP contribution is -2.09. The Hall–Kier alpha value is -2.12. The average Bonchev–Trinajstić information content (AvgIpc) is 2.86. The van der Waals surface area contributed by atoms with Gasteiger partial charge in [0.1, 0.15) is 5.82 Å². The second-order valence-corrected chi connectivity index (χ2v) is 4.49. The van der Waals surface area contributed by atoms with Crippen molar-refractivity contribution in [3.63, 3.8) is 0 Å². The summed E-state index contributed by atoms with van der Waals surface area (Å²) in [6.45, 7) is 3.01. The van der Waals surface area contributed by atoms with Crippen molar-refractivity contribution in [1.82, 2.24) is 9.55 Å². The molecule has 1 N–H and O–H groups in total. The molecule has 4 nitrogen and oxygen atoms in total. The molecule has 0 saturated carbocycles. The molecular weight excluding hydrogens is 238 g/mol. The molecule has 0 spiro atoms. The number of aryl methyl sites for hydroxylation is 1. The molecule has 0 amide bonds. The first kappa shape index (κ1) is 13.3. The topological polar surface area (TPSA) is 61.8 Å². The number of hydrogen-bond donors (Lipinski definition) is 1. The molecule has 1 aromatic carbocycles. The molecule has 0 bridgehead atoms. The van der Waals surface area contributed by atoms with Crippen molar-refractivity contribution < 1.29 is 5.11 Å². The molecule has 98 valence electrons. The Bertz CT molecular complexity index is 583. The van der Waals surface area contributed by atoms with Gasteiger partial charge >= 0.3 is 0 Å². The highest BCUT2D eigenvalue weighted by Crippen LogP contribution is 2.18. The highest BCUT2D eigenvalue weighted by molar-refractivity contribution is 5.33. The van der Waals surface area contributed by atoms with Crippen LogP contribution in [0.5, 0.6) is 0 Å². The lowest BCUT2D eigenvalue weighted by molar-refractivity contribution is 0.174. The quantitative estimate of drug-likeness (QED) is 0.892. The summed E-state index contributed by atoms with van der Waals surface area (Å²) in [4.78, 5) is 4.28. The third-order valence-corrected chi connectivity index (χ3v) is 3.04. The number of benzene rings is 1. The molecule has 1 atom stereocenters. The Labute approximate surface area is 113 Å². The summed E-state index contributed by atoms with van der Waals surface area (Å²) in [7, 11) is 0. The normalized spacial score (nSPS) is 12.1. The number of nitriles is 1. The minimum absolute atomic E-state index is 0.460. The number of aliphatic hydroxyl groups is 1. The van der Waals surface area contributed by atoms with Crippen molar-refractivity contribution in [2.24, 2.45) is 0 Å². The first-order valence-electron chi connectivity index (χ1n) is 6.42. The van der Waals surface area contributed by atoms with E-state index in [9.17, 15) is 5.11 Å². The van der Waals surface area contributed by atoms with E-state index >= 15 is 0 Å². The summed E-state index contributed by atoms with van der Waals surface area (Å²) in [5.74, 6) is 0.872. The molecule has 1 heterocycles. The molecule has 1 aromatic heterocycles. The number of rotatable bonds is 5. The number of aromatic nitrogens is 2. The van der Waals surface area contributed by atoms with Gasteiger partial charge in [-0.2, -0.15) is 5.26 Å². The van der Waals surface area contributed by atoms with Crippen molar-refractivity contribution in [1.29, 1.82) is 5.26 Å². The fourth-order valence-corrected chi connectivity index (χ4v) is 2.08. The smallest absolute Gasteiger partial charge is 0.111 e.